The largest absolute Gasteiger partial charge is 0.489 e. The Morgan fingerprint density at radius 2 is 1.69 bits per heavy atom. The number of piperazine rings is 1. The fourth-order valence-electron chi connectivity index (χ4n) is 5.44. The smallest absolute Gasteiger partial charge is 0.419 e. The molecule has 2 aliphatic heterocycles. The van der Waals surface area contributed by atoms with E-state index in [0.717, 1.165) is 64.7 Å². The number of likely N-dealkylation sites (tertiary alicyclic amines) is 1. The van der Waals surface area contributed by atoms with Crippen LogP contribution in [0.2, 0.25) is 0 Å². The summed E-state index contributed by atoms with van der Waals surface area (Å²) in [5, 5.41) is 11.4. The van der Waals surface area contributed by atoms with Gasteiger partial charge in [0.2, 0.25) is 0 Å². The zero-order valence-electron chi connectivity index (χ0n) is 23.6. The SMILES string of the molecule is CCOC(=O)CN1CCN(CC2CCN(Cc3cc([N+](=O)[O-])ccc3OCc3ccc(F)c(C(F)(F)F)c3)CC2)CC1. The van der Waals surface area contributed by atoms with Crippen LogP contribution in [-0.2, 0) is 28.9 Å². The van der Waals surface area contributed by atoms with Crippen LogP contribution in [0.5, 0.6) is 5.75 Å². The third-order valence-electron chi connectivity index (χ3n) is 7.73. The number of nitro groups is 1. The molecule has 0 saturated carbocycles. The van der Waals surface area contributed by atoms with Gasteiger partial charge in [0.05, 0.1) is 23.6 Å². The molecule has 0 amide bonds. The van der Waals surface area contributed by atoms with E-state index >= 15 is 0 Å². The third-order valence-corrected chi connectivity index (χ3v) is 7.73. The molecule has 0 N–H and O–H groups in total. The number of esters is 1. The zero-order valence-corrected chi connectivity index (χ0v) is 23.6. The number of ether oxygens (including phenoxy) is 2. The minimum atomic E-state index is -4.83. The molecule has 0 bridgehead atoms. The molecule has 2 aliphatic rings. The molecule has 230 valence electrons. The molecular formula is C29H36F4N4O5. The molecule has 42 heavy (non-hydrogen) atoms. The number of nitro benzene ring substituents is 1. The number of nitrogens with zero attached hydrogens (tertiary/aromatic N) is 4. The molecule has 2 saturated heterocycles. The van der Waals surface area contributed by atoms with Gasteiger partial charge in [-0.05, 0) is 62.5 Å². The Morgan fingerprint density at radius 3 is 2.33 bits per heavy atom. The number of carbonyl (C=O) groups excluding carboxylic acids is 1. The molecule has 2 aromatic carbocycles. The van der Waals surface area contributed by atoms with Gasteiger partial charge in [-0.2, -0.15) is 13.2 Å². The Labute approximate surface area is 242 Å². The topological polar surface area (TPSA) is 88.4 Å². The summed E-state index contributed by atoms with van der Waals surface area (Å²) in [5.41, 5.74) is -0.765. The summed E-state index contributed by atoms with van der Waals surface area (Å²) >= 11 is 0. The van der Waals surface area contributed by atoms with Crippen molar-refractivity contribution >= 4 is 11.7 Å². The predicted octanol–water partition coefficient (Wildman–Crippen LogP) is 4.72. The quantitative estimate of drug-likeness (QED) is 0.159. The summed E-state index contributed by atoms with van der Waals surface area (Å²) in [6.07, 6.45) is -2.91. The van der Waals surface area contributed by atoms with Gasteiger partial charge in [-0.15, -0.1) is 0 Å². The second-order valence-corrected chi connectivity index (χ2v) is 10.8. The van der Waals surface area contributed by atoms with E-state index in [1.54, 1.807) is 6.92 Å². The van der Waals surface area contributed by atoms with E-state index in [2.05, 4.69) is 14.7 Å². The second-order valence-electron chi connectivity index (χ2n) is 10.8. The van der Waals surface area contributed by atoms with Crippen LogP contribution in [-0.4, -0.2) is 84.6 Å². The van der Waals surface area contributed by atoms with E-state index < -0.39 is 22.5 Å². The van der Waals surface area contributed by atoms with Crippen LogP contribution in [0, 0.1) is 21.8 Å². The molecule has 9 nitrogen and oxygen atoms in total. The van der Waals surface area contributed by atoms with Crippen molar-refractivity contribution in [1.82, 2.24) is 14.7 Å². The Bertz CT molecular complexity index is 1230. The Morgan fingerprint density at radius 1 is 1.00 bits per heavy atom. The van der Waals surface area contributed by atoms with Crippen molar-refractivity contribution in [3.05, 3.63) is 69.0 Å². The molecule has 4 rings (SSSR count). The number of alkyl halides is 3. The lowest BCUT2D eigenvalue weighted by Gasteiger charge is -2.38. The average molecular weight is 597 g/mol. The molecule has 13 heteroatoms. The van der Waals surface area contributed by atoms with Gasteiger partial charge >= 0.3 is 12.1 Å². The minimum absolute atomic E-state index is 0.101. The predicted molar refractivity (Wildman–Crippen MR) is 146 cm³/mol. The maximum absolute atomic E-state index is 13.7. The summed E-state index contributed by atoms with van der Waals surface area (Å²) < 4.78 is 63.8. The molecule has 0 aromatic heterocycles. The van der Waals surface area contributed by atoms with Crippen LogP contribution >= 0.6 is 0 Å². The van der Waals surface area contributed by atoms with E-state index in [0.29, 0.717) is 43.0 Å². The molecule has 0 radical (unpaired) electrons. The van der Waals surface area contributed by atoms with Gasteiger partial charge in [-0.1, -0.05) is 6.07 Å². The lowest BCUT2D eigenvalue weighted by Crippen LogP contribution is -2.50. The fourth-order valence-corrected chi connectivity index (χ4v) is 5.44. The van der Waals surface area contributed by atoms with Crippen LogP contribution in [0.1, 0.15) is 36.5 Å². The number of benzene rings is 2. The van der Waals surface area contributed by atoms with Gasteiger partial charge in [0, 0.05) is 57.0 Å². The first kappa shape index (κ1) is 31.6. The summed E-state index contributed by atoms with van der Waals surface area (Å²) in [5.74, 6) is -0.704. The highest BCUT2D eigenvalue weighted by Gasteiger charge is 2.34. The number of rotatable bonds is 11. The first-order chi connectivity index (χ1) is 20.0. The average Bonchev–Trinajstić information content (AvgIpc) is 2.94. The van der Waals surface area contributed by atoms with Gasteiger partial charge in [0.1, 0.15) is 18.2 Å². The number of carbonyl (C=O) groups is 1. The van der Waals surface area contributed by atoms with Crippen molar-refractivity contribution in [2.75, 3.05) is 59.0 Å². The van der Waals surface area contributed by atoms with Crippen molar-refractivity contribution in [3.8, 4) is 5.75 Å². The van der Waals surface area contributed by atoms with Crippen molar-refractivity contribution in [2.24, 2.45) is 5.92 Å². The number of hydrogen-bond donors (Lipinski definition) is 0. The number of hydrogen-bond acceptors (Lipinski definition) is 8. The second kappa shape index (κ2) is 14.3. The van der Waals surface area contributed by atoms with E-state index in [4.69, 9.17) is 9.47 Å². The number of non-ortho nitro benzene ring substituents is 1. The van der Waals surface area contributed by atoms with Gasteiger partial charge in [0.15, 0.2) is 0 Å². The van der Waals surface area contributed by atoms with Gasteiger partial charge in [-0.3, -0.25) is 24.7 Å². The summed E-state index contributed by atoms with van der Waals surface area (Å²) in [6, 6.07) is 6.88. The molecule has 0 unspecified atom stereocenters. The van der Waals surface area contributed by atoms with Crippen molar-refractivity contribution < 1.29 is 36.8 Å². The highest BCUT2D eigenvalue weighted by atomic mass is 19.4. The Hall–Kier alpha value is -3.29. The normalized spacial score (nSPS) is 17.7. The lowest BCUT2D eigenvalue weighted by atomic mass is 9.95. The van der Waals surface area contributed by atoms with Gasteiger partial charge in [0.25, 0.3) is 5.69 Å². The Kier molecular flexibility index (Phi) is 10.7. The maximum atomic E-state index is 13.7. The summed E-state index contributed by atoms with van der Waals surface area (Å²) in [6.45, 7) is 8.65. The van der Waals surface area contributed by atoms with Gasteiger partial charge in [-0.25, -0.2) is 4.39 Å². The van der Waals surface area contributed by atoms with Crippen molar-refractivity contribution in [3.63, 3.8) is 0 Å². The van der Waals surface area contributed by atoms with E-state index in [9.17, 15) is 32.5 Å². The standard InChI is InChI=1S/C29H36F4N4O5/c1-2-41-28(38)19-36-13-11-35(12-14-36)17-21-7-9-34(10-8-21)18-23-16-24(37(39)40)4-6-27(23)42-20-22-3-5-26(30)25(15-22)29(31,32)33/h3-6,15-16,21H,2,7-14,17-20H2,1H3. The molecule has 2 heterocycles. The number of piperidine rings is 1. The maximum Gasteiger partial charge on any atom is 0.419 e. The lowest BCUT2D eigenvalue weighted by molar-refractivity contribution is -0.385. The summed E-state index contributed by atoms with van der Waals surface area (Å²) in [7, 11) is 0. The van der Waals surface area contributed by atoms with Crippen molar-refractivity contribution in [2.45, 2.75) is 39.1 Å². The van der Waals surface area contributed by atoms with Crippen LogP contribution in [0.15, 0.2) is 36.4 Å². The van der Waals surface area contributed by atoms with Crippen LogP contribution in [0.25, 0.3) is 0 Å². The molecule has 0 aliphatic carbocycles. The monoisotopic (exact) mass is 596 g/mol. The van der Waals surface area contributed by atoms with Crippen molar-refractivity contribution in [1.29, 1.82) is 0 Å². The molecule has 0 atom stereocenters. The number of halogens is 4. The molecule has 2 aromatic rings. The van der Waals surface area contributed by atoms with E-state index in [1.165, 1.54) is 24.3 Å². The molecule has 0 spiro atoms. The van der Waals surface area contributed by atoms with Crippen LogP contribution in [0.4, 0.5) is 23.2 Å². The highest BCUT2D eigenvalue weighted by Crippen LogP contribution is 2.33. The molecular weight excluding hydrogens is 560 g/mol. The minimum Gasteiger partial charge on any atom is -0.489 e. The van der Waals surface area contributed by atoms with E-state index in [1.807, 2.05) is 0 Å². The van der Waals surface area contributed by atoms with Crippen LogP contribution < -0.4 is 4.74 Å². The first-order valence-corrected chi connectivity index (χ1v) is 14.1. The Balaban J connectivity index is 1.30. The zero-order chi connectivity index (χ0) is 30.3. The summed E-state index contributed by atoms with van der Waals surface area (Å²) in [4.78, 5) is 29.4. The third kappa shape index (κ3) is 8.85. The fraction of sp³-hybridized carbons (Fsp3) is 0.552. The molecule has 2 fully saturated rings. The first-order valence-electron chi connectivity index (χ1n) is 14.1. The van der Waals surface area contributed by atoms with Crippen LogP contribution in [0.3, 0.4) is 0 Å². The van der Waals surface area contributed by atoms with Gasteiger partial charge < -0.3 is 14.4 Å². The van der Waals surface area contributed by atoms with E-state index in [-0.39, 0.29) is 23.8 Å². The highest BCUT2D eigenvalue weighted by molar-refractivity contribution is 5.71.